The first kappa shape index (κ1) is 28.7. The first-order chi connectivity index (χ1) is 14.7. The summed E-state index contributed by atoms with van der Waals surface area (Å²) >= 11 is 0. The summed E-state index contributed by atoms with van der Waals surface area (Å²) in [5.41, 5.74) is 4.98. The number of hydrogen-bond acceptors (Lipinski definition) is 3. The Morgan fingerprint density at radius 1 is 0.970 bits per heavy atom. The second-order valence-electron chi connectivity index (χ2n) is 10.5. The molecule has 0 unspecified atom stereocenters. The van der Waals surface area contributed by atoms with E-state index in [1.54, 1.807) is 0 Å². The number of aliphatic hydroxyl groups is 1. The van der Waals surface area contributed by atoms with Crippen LogP contribution in [0.25, 0.3) is 22.0 Å². The summed E-state index contributed by atoms with van der Waals surface area (Å²) in [5, 5.41) is 12.0. The van der Waals surface area contributed by atoms with Crippen LogP contribution in [0.4, 0.5) is 0 Å². The number of carbonyl (C=O) groups excluding carboxylic acids is 1. The van der Waals surface area contributed by atoms with Gasteiger partial charge in [0, 0.05) is 43.2 Å². The Bertz CT molecular complexity index is 1130. The van der Waals surface area contributed by atoms with Crippen LogP contribution in [-0.4, -0.2) is 15.9 Å². The van der Waals surface area contributed by atoms with Crippen LogP contribution in [0.1, 0.15) is 58.2 Å². The molecule has 0 aliphatic rings. The van der Waals surface area contributed by atoms with Crippen LogP contribution in [-0.2, 0) is 24.9 Å². The van der Waals surface area contributed by atoms with Gasteiger partial charge in [-0.1, -0.05) is 85.2 Å². The Morgan fingerprint density at radius 2 is 1.58 bits per heavy atom. The summed E-state index contributed by atoms with van der Waals surface area (Å²) in [5.74, 6) is 0.104. The number of allylic oxidation sites excluding steroid dienone is 2. The smallest absolute Gasteiger partial charge is 0.164 e. The molecule has 179 valence electrons. The van der Waals surface area contributed by atoms with E-state index in [1.165, 1.54) is 28.0 Å². The maximum atomic E-state index is 11.5. The molecule has 1 radical (unpaired) electrons. The van der Waals surface area contributed by atoms with Crippen molar-refractivity contribution in [3.8, 4) is 11.3 Å². The van der Waals surface area contributed by atoms with Gasteiger partial charge in [-0.15, -0.1) is 34.9 Å². The van der Waals surface area contributed by atoms with E-state index in [1.807, 2.05) is 53.8 Å². The van der Waals surface area contributed by atoms with Gasteiger partial charge in [-0.2, -0.15) is 0 Å². The summed E-state index contributed by atoms with van der Waals surface area (Å²) in [6.45, 7) is 17.4. The van der Waals surface area contributed by atoms with Gasteiger partial charge in [-0.3, -0.25) is 4.79 Å². The van der Waals surface area contributed by atoms with E-state index >= 15 is 0 Å². The number of hydrogen-bond donors (Lipinski definition) is 1. The van der Waals surface area contributed by atoms with E-state index in [0.717, 1.165) is 16.8 Å². The van der Waals surface area contributed by atoms with Crippen molar-refractivity contribution < 1.29 is 30.0 Å². The Morgan fingerprint density at radius 3 is 2.12 bits per heavy atom. The Labute approximate surface area is 212 Å². The molecule has 0 spiro atoms. The third kappa shape index (κ3) is 7.91. The molecule has 33 heavy (non-hydrogen) atoms. The van der Waals surface area contributed by atoms with Crippen LogP contribution in [0.2, 0.25) is 0 Å². The summed E-state index contributed by atoms with van der Waals surface area (Å²) in [6, 6.07) is 16.1. The number of carbonyl (C=O) groups is 1. The van der Waals surface area contributed by atoms with Crippen LogP contribution in [0.5, 0.6) is 0 Å². The molecule has 0 saturated heterocycles. The van der Waals surface area contributed by atoms with Crippen molar-refractivity contribution in [3.05, 3.63) is 77.2 Å². The van der Waals surface area contributed by atoms with Gasteiger partial charge in [0.2, 0.25) is 0 Å². The summed E-state index contributed by atoms with van der Waals surface area (Å²) in [7, 11) is 0. The number of aromatic nitrogens is 1. The van der Waals surface area contributed by atoms with Gasteiger partial charge < -0.3 is 10.1 Å². The molecule has 0 amide bonds. The van der Waals surface area contributed by atoms with Crippen molar-refractivity contribution in [1.29, 1.82) is 0 Å². The molecule has 0 saturated carbocycles. The van der Waals surface area contributed by atoms with Crippen LogP contribution in [0, 0.1) is 37.7 Å². The van der Waals surface area contributed by atoms with Crippen LogP contribution in [0.15, 0.2) is 54.4 Å². The predicted octanol–water partition coefficient (Wildman–Crippen LogP) is 7.71. The van der Waals surface area contributed by atoms with Gasteiger partial charge in [-0.25, -0.2) is 0 Å². The molecule has 3 aromatic rings. The molecule has 0 aliphatic heterocycles. The second-order valence-corrected chi connectivity index (χ2v) is 10.5. The number of benzene rings is 2. The van der Waals surface area contributed by atoms with Crippen molar-refractivity contribution in [2.24, 2.45) is 10.8 Å². The molecule has 1 N–H and O–H groups in total. The van der Waals surface area contributed by atoms with E-state index in [9.17, 15) is 9.90 Å². The zero-order valence-corrected chi connectivity index (χ0v) is 23.6. The quantitative estimate of drug-likeness (QED) is 0.181. The minimum Gasteiger partial charge on any atom is -0.512 e. The largest absolute Gasteiger partial charge is 0.512 e. The van der Waals surface area contributed by atoms with Gasteiger partial charge in [-0.05, 0) is 23.4 Å². The zero-order chi connectivity index (χ0) is 24.3. The van der Waals surface area contributed by atoms with Gasteiger partial charge >= 0.3 is 0 Å². The molecular weight excluding hydrogens is 587 g/mol. The van der Waals surface area contributed by atoms with Crippen LogP contribution >= 0.6 is 0 Å². The maximum Gasteiger partial charge on any atom is 0.164 e. The fraction of sp³-hybridized carbons (Fsp3) is 0.379. The molecule has 3 nitrogen and oxygen atoms in total. The number of rotatable bonds is 2. The average Bonchev–Trinajstić information content (AvgIpc) is 2.66. The van der Waals surface area contributed by atoms with Crippen molar-refractivity contribution >= 4 is 16.6 Å². The summed E-state index contributed by atoms with van der Waals surface area (Å²) in [4.78, 5) is 16.1. The van der Waals surface area contributed by atoms with E-state index in [2.05, 4.69) is 62.2 Å². The van der Waals surface area contributed by atoms with Crippen LogP contribution < -0.4 is 0 Å². The third-order valence-corrected chi connectivity index (χ3v) is 5.23. The summed E-state index contributed by atoms with van der Waals surface area (Å²) in [6.07, 6.45) is 3.28. The van der Waals surface area contributed by atoms with Crippen molar-refractivity contribution in [2.75, 3.05) is 0 Å². The molecule has 1 aromatic heterocycles. The molecule has 2 aromatic carbocycles. The average molecular weight is 623 g/mol. The predicted molar refractivity (Wildman–Crippen MR) is 135 cm³/mol. The van der Waals surface area contributed by atoms with Crippen molar-refractivity contribution in [3.63, 3.8) is 0 Å². The molecule has 0 fully saturated rings. The molecule has 0 atom stereocenters. The second kappa shape index (κ2) is 11.2. The number of fused-ring (bicyclic) bond motifs is 1. The maximum absolute atomic E-state index is 11.5. The van der Waals surface area contributed by atoms with Gasteiger partial charge in [0.05, 0.1) is 0 Å². The fourth-order valence-corrected chi connectivity index (χ4v) is 3.16. The van der Waals surface area contributed by atoms with Gasteiger partial charge in [0.25, 0.3) is 0 Å². The minimum atomic E-state index is -0.417. The molecular formula is C29H36IrNO2-. The number of nitrogens with zero attached hydrogens (tertiary/aromatic N) is 1. The van der Waals surface area contributed by atoms with Crippen molar-refractivity contribution in [2.45, 2.75) is 62.3 Å². The number of aliphatic hydroxyl groups excluding tert-OH is 1. The van der Waals surface area contributed by atoms with Crippen LogP contribution in [0.3, 0.4) is 0 Å². The number of ketones is 1. The SMILES string of the molecule is CC(C)(C)C(=O)/C=C(\O)C(C)(C)C.Cc1[c-]c(-c2ncc3ccccc3c2C)cc(C)c1.[Ir]. The monoisotopic (exact) mass is 623 g/mol. The molecule has 3 rings (SSSR count). The van der Waals surface area contributed by atoms with Crippen molar-refractivity contribution in [1.82, 2.24) is 4.98 Å². The Kier molecular flexibility index (Phi) is 9.78. The fourth-order valence-electron chi connectivity index (χ4n) is 3.16. The van der Waals surface area contributed by atoms with Gasteiger partial charge in [0.15, 0.2) is 5.78 Å². The van der Waals surface area contributed by atoms with Gasteiger partial charge in [0.1, 0.15) is 5.76 Å². The standard InChI is InChI=1S/C18H16N.C11H20O2.Ir/c1-12-8-13(2)10-16(9-12)18-14(3)17-7-5-4-6-15(17)11-19-18;1-10(2,3)8(12)7-9(13)11(4,5)6;/h4-9,11H,1-3H3;7,12H,1-6H3;/q-1;;/b;8-7-;. The zero-order valence-electron chi connectivity index (χ0n) is 21.3. The molecule has 0 bridgehead atoms. The Balaban J connectivity index is 0.000000346. The van der Waals surface area contributed by atoms with E-state index in [-0.39, 0.29) is 37.1 Å². The van der Waals surface area contributed by atoms with E-state index in [0.29, 0.717) is 0 Å². The first-order valence-corrected chi connectivity index (χ1v) is 11.0. The number of pyridine rings is 1. The third-order valence-electron chi connectivity index (χ3n) is 5.23. The topological polar surface area (TPSA) is 50.2 Å². The van der Waals surface area contributed by atoms with E-state index in [4.69, 9.17) is 0 Å². The minimum absolute atomic E-state index is 0. The Hall–Kier alpha value is -2.29. The number of aryl methyl sites for hydroxylation is 3. The molecule has 1 heterocycles. The summed E-state index contributed by atoms with van der Waals surface area (Å²) < 4.78 is 0. The first-order valence-electron chi connectivity index (χ1n) is 11.0. The molecule has 0 aliphatic carbocycles. The normalized spacial score (nSPS) is 12.0. The van der Waals surface area contributed by atoms with E-state index < -0.39 is 5.41 Å². The molecule has 4 heteroatoms.